The van der Waals surface area contributed by atoms with Crippen LogP contribution in [0, 0.1) is 5.92 Å². The van der Waals surface area contributed by atoms with E-state index in [9.17, 15) is 9.59 Å². The van der Waals surface area contributed by atoms with Gasteiger partial charge in [0.2, 0.25) is 5.91 Å². The predicted molar refractivity (Wildman–Crippen MR) is 84.7 cm³/mol. The number of carbonyl (C=O) groups is 2. The normalized spacial score (nSPS) is 12.1. The Hall–Kier alpha value is -2.63. The Morgan fingerprint density at radius 2 is 1.96 bits per heavy atom. The zero-order valence-electron chi connectivity index (χ0n) is 13.2. The van der Waals surface area contributed by atoms with E-state index >= 15 is 0 Å². The van der Waals surface area contributed by atoms with Crippen molar-refractivity contribution in [3.8, 4) is 11.3 Å². The van der Waals surface area contributed by atoms with E-state index in [0.717, 1.165) is 5.56 Å². The average molecular weight is 316 g/mol. The Morgan fingerprint density at radius 3 is 2.57 bits per heavy atom. The van der Waals surface area contributed by atoms with Crippen LogP contribution in [-0.4, -0.2) is 28.2 Å². The van der Waals surface area contributed by atoms with Crippen molar-refractivity contribution in [2.45, 2.75) is 32.7 Å². The summed E-state index contributed by atoms with van der Waals surface area (Å²) < 4.78 is 5.22. The highest BCUT2D eigenvalue weighted by atomic mass is 16.5. The molecule has 1 heterocycles. The number of carboxylic acid groups (broad SMARTS) is 1. The van der Waals surface area contributed by atoms with Gasteiger partial charge in [-0.2, -0.15) is 0 Å². The van der Waals surface area contributed by atoms with Crippen LogP contribution in [0.3, 0.4) is 0 Å². The maximum atomic E-state index is 12.0. The van der Waals surface area contributed by atoms with Crippen molar-refractivity contribution >= 4 is 11.9 Å². The highest BCUT2D eigenvalue weighted by Crippen LogP contribution is 2.19. The van der Waals surface area contributed by atoms with E-state index in [4.69, 9.17) is 9.63 Å². The first-order valence-corrected chi connectivity index (χ1v) is 7.49. The minimum absolute atomic E-state index is 0.0157. The first-order valence-electron chi connectivity index (χ1n) is 7.49. The van der Waals surface area contributed by atoms with Crippen LogP contribution in [0.4, 0.5) is 0 Å². The van der Waals surface area contributed by atoms with Gasteiger partial charge < -0.3 is 14.9 Å². The third-order valence-corrected chi connectivity index (χ3v) is 3.30. The van der Waals surface area contributed by atoms with Crippen LogP contribution in [0.5, 0.6) is 0 Å². The summed E-state index contributed by atoms with van der Waals surface area (Å²) in [5, 5.41) is 15.5. The average Bonchev–Trinajstić information content (AvgIpc) is 2.95. The van der Waals surface area contributed by atoms with Gasteiger partial charge in [-0.15, -0.1) is 0 Å². The molecule has 1 aromatic heterocycles. The SMILES string of the molecule is CC(C)C[C@H](NC(=O)Cc1cc(-c2ccccc2)on1)C(=O)O. The number of aliphatic carboxylic acids is 1. The number of hydrogen-bond acceptors (Lipinski definition) is 4. The highest BCUT2D eigenvalue weighted by molar-refractivity contribution is 5.84. The number of amides is 1. The van der Waals surface area contributed by atoms with E-state index in [-0.39, 0.29) is 18.2 Å². The van der Waals surface area contributed by atoms with Crippen molar-refractivity contribution in [3.05, 3.63) is 42.1 Å². The Kier molecular flexibility index (Phi) is 5.51. The van der Waals surface area contributed by atoms with Crippen molar-refractivity contribution in [2.24, 2.45) is 5.92 Å². The lowest BCUT2D eigenvalue weighted by molar-refractivity contribution is -0.142. The molecule has 0 saturated carbocycles. The number of rotatable bonds is 7. The van der Waals surface area contributed by atoms with Gasteiger partial charge in [-0.25, -0.2) is 4.79 Å². The standard InChI is InChI=1S/C17H20N2O4/c1-11(2)8-14(17(21)22)18-16(20)10-13-9-15(23-19-13)12-6-4-3-5-7-12/h3-7,9,11,14H,8,10H2,1-2H3,(H,18,20)(H,21,22)/t14-/m0/s1. The molecule has 1 atom stereocenters. The molecule has 0 unspecified atom stereocenters. The summed E-state index contributed by atoms with van der Waals surface area (Å²) in [7, 11) is 0. The van der Waals surface area contributed by atoms with Gasteiger partial charge in [-0.1, -0.05) is 49.3 Å². The van der Waals surface area contributed by atoms with E-state index in [2.05, 4.69) is 10.5 Å². The fourth-order valence-corrected chi connectivity index (χ4v) is 2.24. The second-order valence-electron chi connectivity index (χ2n) is 5.81. The Bertz CT molecular complexity index is 664. The van der Waals surface area contributed by atoms with Crippen LogP contribution in [0.25, 0.3) is 11.3 Å². The van der Waals surface area contributed by atoms with Gasteiger partial charge in [-0.05, 0) is 12.3 Å². The lowest BCUT2D eigenvalue weighted by Gasteiger charge is -2.15. The topological polar surface area (TPSA) is 92.4 Å². The zero-order chi connectivity index (χ0) is 16.8. The molecule has 23 heavy (non-hydrogen) atoms. The van der Waals surface area contributed by atoms with E-state index in [0.29, 0.717) is 17.9 Å². The molecule has 0 aliphatic heterocycles. The summed E-state index contributed by atoms with van der Waals surface area (Å²) in [6.45, 7) is 3.82. The van der Waals surface area contributed by atoms with Gasteiger partial charge in [0.25, 0.3) is 0 Å². The van der Waals surface area contributed by atoms with Crippen molar-refractivity contribution in [1.82, 2.24) is 10.5 Å². The first kappa shape index (κ1) is 16.7. The number of aromatic nitrogens is 1. The summed E-state index contributed by atoms with van der Waals surface area (Å²) in [5.74, 6) is -0.665. The van der Waals surface area contributed by atoms with Crippen molar-refractivity contribution in [2.75, 3.05) is 0 Å². The highest BCUT2D eigenvalue weighted by Gasteiger charge is 2.21. The third-order valence-electron chi connectivity index (χ3n) is 3.30. The molecule has 6 heteroatoms. The third kappa shape index (κ3) is 4.95. The molecule has 6 nitrogen and oxygen atoms in total. The smallest absolute Gasteiger partial charge is 0.326 e. The molecule has 0 bridgehead atoms. The molecule has 1 amide bonds. The quantitative estimate of drug-likeness (QED) is 0.818. The summed E-state index contributed by atoms with van der Waals surface area (Å²) >= 11 is 0. The fourth-order valence-electron chi connectivity index (χ4n) is 2.24. The monoisotopic (exact) mass is 316 g/mol. The number of carbonyl (C=O) groups excluding carboxylic acids is 1. The fraction of sp³-hybridized carbons (Fsp3) is 0.353. The molecule has 2 rings (SSSR count). The lowest BCUT2D eigenvalue weighted by Crippen LogP contribution is -2.42. The van der Waals surface area contributed by atoms with Crippen LogP contribution >= 0.6 is 0 Å². The Labute approximate surface area is 134 Å². The molecule has 0 radical (unpaired) electrons. The van der Waals surface area contributed by atoms with E-state index < -0.39 is 12.0 Å². The molecule has 122 valence electrons. The number of hydrogen-bond donors (Lipinski definition) is 2. The van der Waals surface area contributed by atoms with Crippen LogP contribution in [0.1, 0.15) is 26.0 Å². The molecule has 0 aliphatic carbocycles. The Balaban J connectivity index is 1.98. The molecule has 2 N–H and O–H groups in total. The minimum atomic E-state index is -1.03. The molecular formula is C17H20N2O4. The predicted octanol–water partition coefficient (Wildman–Crippen LogP) is 2.50. The first-order chi connectivity index (χ1) is 11.0. The van der Waals surface area contributed by atoms with Gasteiger partial charge in [0.05, 0.1) is 12.1 Å². The van der Waals surface area contributed by atoms with Gasteiger partial charge in [0.15, 0.2) is 5.76 Å². The summed E-state index contributed by atoms with van der Waals surface area (Å²) in [6, 6.07) is 10.2. The Morgan fingerprint density at radius 1 is 1.26 bits per heavy atom. The van der Waals surface area contributed by atoms with Gasteiger partial charge >= 0.3 is 5.97 Å². The van der Waals surface area contributed by atoms with Gasteiger partial charge in [0.1, 0.15) is 6.04 Å². The summed E-state index contributed by atoms with van der Waals surface area (Å²) in [5.41, 5.74) is 1.34. The van der Waals surface area contributed by atoms with Crippen molar-refractivity contribution < 1.29 is 19.2 Å². The van der Waals surface area contributed by atoms with Crippen molar-refractivity contribution in [1.29, 1.82) is 0 Å². The van der Waals surface area contributed by atoms with Crippen molar-refractivity contribution in [3.63, 3.8) is 0 Å². The summed E-state index contributed by atoms with van der Waals surface area (Å²) in [6.07, 6.45) is 0.368. The second kappa shape index (κ2) is 7.58. The largest absolute Gasteiger partial charge is 0.480 e. The lowest BCUT2D eigenvalue weighted by atomic mass is 10.0. The molecule has 0 spiro atoms. The molecule has 0 aliphatic rings. The number of carboxylic acids is 1. The molecule has 1 aromatic carbocycles. The van der Waals surface area contributed by atoms with Crippen LogP contribution in [0.15, 0.2) is 40.9 Å². The van der Waals surface area contributed by atoms with E-state index in [1.54, 1.807) is 6.07 Å². The molecular weight excluding hydrogens is 296 g/mol. The number of nitrogens with one attached hydrogen (secondary N) is 1. The van der Waals surface area contributed by atoms with Crippen LogP contribution in [-0.2, 0) is 16.0 Å². The summed E-state index contributed by atoms with van der Waals surface area (Å²) in [4.78, 5) is 23.2. The number of benzene rings is 1. The molecule has 0 fully saturated rings. The van der Waals surface area contributed by atoms with Gasteiger partial charge in [-0.3, -0.25) is 4.79 Å². The maximum absolute atomic E-state index is 12.0. The molecule has 2 aromatic rings. The van der Waals surface area contributed by atoms with Crippen LogP contribution < -0.4 is 5.32 Å². The second-order valence-corrected chi connectivity index (χ2v) is 5.81. The molecule has 0 saturated heterocycles. The number of nitrogens with zero attached hydrogens (tertiary/aromatic N) is 1. The van der Waals surface area contributed by atoms with E-state index in [1.807, 2.05) is 44.2 Å². The zero-order valence-corrected chi connectivity index (χ0v) is 13.2. The van der Waals surface area contributed by atoms with Crippen LogP contribution in [0.2, 0.25) is 0 Å². The van der Waals surface area contributed by atoms with Gasteiger partial charge in [0, 0.05) is 11.6 Å². The van der Waals surface area contributed by atoms with E-state index in [1.165, 1.54) is 0 Å². The maximum Gasteiger partial charge on any atom is 0.326 e. The minimum Gasteiger partial charge on any atom is -0.480 e.